The van der Waals surface area contributed by atoms with Crippen molar-refractivity contribution in [2.75, 3.05) is 20.3 Å². The van der Waals surface area contributed by atoms with Gasteiger partial charge in [-0.05, 0) is 18.6 Å². The molecule has 0 aliphatic carbocycles. The number of nitrogens with one attached hydrogen (secondary N) is 1. The highest BCUT2D eigenvalue weighted by Crippen LogP contribution is 2.12. The van der Waals surface area contributed by atoms with Crippen LogP contribution in [0.1, 0.15) is 6.42 Å². The molecule has 7 heteroatoms. The third-order valence-corrected chi connectivity index (χ3v) is 3.75. The molecule has 1 unspecified atom stereocenters. The largest absolute Gasteiger partial charge is 0.391 e. The van der Waals surface area contributed by atoms with Crippen molar-refractivity contribution in [1.29, 1.82) is 0 Å². The molecule has 0 aromatic heterocycles. The van der Waals surface area contributed by atoms with Crippen LogP contribution in [0, 0.1) is 5.82 Å². The minimum atomic E-state index is -3.88. The van der Waals surface area contributed by atoms with Gasteiger partial charge in [0.1, 0.15) is 10.7 Å². The fourth-order valence-electron chi connectivity index (χ4n) is 1.38. The van der Waals surface area contributed by atoms with E-state index in [1.54, 1.807) is 0 Å². The predicted octanol–water partition coefficient (Wildman–Crippen LogP) is 0.501. The Morgan fingerprint density at radius 2 is 2.11 bits per heavy atom. The summed E-state index contributed by atoms with van der Waals surface area (Å²) >= 11 is 0. The predicted molar refractivity (Wildman–Crippen MR) is 64.1 cm³/mol. The van der Waals surface area contributed by atoms with E-state index in [1.165, 1.54) is 25.3 Å². The number of ether oxygens (including phenoxy) is 1. The van der Waals surface area contributed by atoms with Crippen molar-refractivity contribution in [3.8, 4) is 0 Å². The molecular weight excluding hydrogens is 261 g/mol. The van der Waals surface area contributed by atoms with Gasteiger partial charge in [-0.3, -0.25) is 0 Å². The summed E-state index contributed by atoms with van der Waals surface area (Å²) in [5.41, 5.74) is 0. The van der Waals surface area contributed by atoms with Crippen LogP contribution in [0.15, 0.2) is 29.2 Å². The molecule has 5 nitrogen and oxygen atoms in total. The summed E-state index contributed by atoms with van der Waals surface area (Å²) in [6.07, 6.45) is -0.556. The summed E-state index contributed by atoms with van der Waals surface area (Å²) in [6.45, 7) is 0.141. The van der Waals surface area contributed by atoms with Gasteiger partial charge in [0.05, 0.1) is 12.7 Å². The number of benzene rings is 1. The van der Waals surface area contributed by atoms with E-state index in [9.17, 15) is 17.9 Å². The lowest BCUT2D eigenvalue weighted by molar-refractivity contribution is 0.0603. The second-order valence-corrected chi connectivity index (χ2v) is 5.46. The van der Waals surface area contributed by atoms with Gasteiger partial charge in [-0.1, -0.05) is 12.1 Å². The Labute approximate surface area is 106 Å². The number of aliphatic hydroxyl groups is 1. The fraction of sp³-hybridized carbons (Fsp3) is 0.455. The van der Waals surface area contributed by atoms with Crippen molar-refractivity contribution in [2.24, 2.45) is 0 Å². The molecule has 1 aromatic rings. The second-order valence-electron chi connectivity index (χ2n) is 3.73. The lowest BCUT2D eigenvalue weighted by atomic mass is 10.3. The smallest absolute Gasteiger partial charge is 0.243 e. The van der Waals surface area contributed by atoms with Gasteiger partial charge in [0.2, 0.25) is 10.0 Å². The van der Waals surface area contributed by atoms with Crippen molar-refractivity contribution < 1.29 is 22.7 Å². The minimum Gasteiger partial charge on any atom is -0.391 e. The Morgan fingerprint density at radius 1 is 1.44 bits per heavy atom. The summed E-state index contributed by atoms with van der Waals surface area (Å²) in [5.74, 6) is -0.803. The highest BCUT2D eigenvalue weighted by atomic mass is 32.2. The van der Waals surface area contributed by atoms with Gasteiger partial charge in [0.25, 0.3) is 0 Å². The summed E-state index contributed by atoms with van der Waals surface area (Å²) in [7, 11) is -2.44. The Morgan fingerprint density at radius 3 is 2.72 bits per heavy atom. The van der Waals surface area contributed by atoms with Crippen molar-refractivity contribution in [1.82, 2.24) is 4.72 Å². The van der Waals surface area contributed by atoms with Gasteiger partial charge in [-0.25, -0.2) is 17.5 Å². The van der Waals surface area contributed by atoms with Crippen molar-refractivity contribution in [3.63, 3.8) is 0 Å². The third-order valence-electron chi connectivity index (χ3n) is 2.25. The molecule has 102 valence electrons. The average molecular weight is 277 g/mol. The van der Waals surface area contributed by atoms with Crippen molar-refractivity contribution >= 4 is 10.0 Å². The van der Waals surface area contributed by atoms with Crippen LogP contribution in [-0.4, -0.2) is 39.9 Å². The zero-order valence-electron chi connectivity index (χ0n) is 9.97. The van der Waals surface area contributed by atoms with Gasteiger partial charge < -0.3 is 9.84 Å². The number of sulfonamides is 1. The van der Waals surface area contributed by atoms with Crippen LogP contribution < -0.4 is 4.72 Å². The molecule has 0 spiro atoms. The molecule has 0 amide bonds. The van der Waals surface area contributed by atoms with Gasteiger partial charge >= 0.3 is 0 Å². The second kappa shape index (κ2) is 6.79. The van der Waals surface area contributed by atoms with Gasteiger partial charge in [0, 0.05) is 13.7 Å². The Bertz CT molecular complexity index is 478. The minimum absolute atomic E-state index is 0.0151. The normalized spacial score (nSPS) is 13.5. The lowest BCUT2D eigenvalue weighted by Gasteiger charge is -2.10. The molecule has 0 saturated carbocycles. The van der Waals surface area contributed by atoms with Crippen molar-refractivity contribution in [2.45, 2.75) is 17.4 Å². The third kappa shape index (κ3) is 4.34. The maximum absolute atomic E-state index is 13.3. The van der Waals surface area contributed by atoms with Crippen LogP contribution in [-0.2, 0) is 14.8 Å². The highest BCUT2D eigenvalue weighted by Gasteiger charge is 2.18. The lowest BCUT2D eigenvalue weighted by Crippen LogP contribution is -2.29. The zero-order valence-corrected chi connectivity index (χ0v) is 10.8. The Hall–Kier alpha value is -1.02. The fourth-order valence-corrected chi connectivity index (χ4v) is 2.50. The molecule has 0 aliphatic rings. The number of hydrogen-bond donors (Lipinski definition) is 2. The molecular formula is C11H16FNO4S. The number of rotatable bonds is 7. The van der Waals surface area contributed by atoms with E-state index in [-0.39, 0.29) is 19.6 Å². The number of aliphatic hydroxyl groups excluding tert-OH is 1. The summed E-state index contributed by atoms with van der Waals surface area (Å²) < 4.78 is 43.7. The first-order chi connectivity index (χ1) is 8.47. The van der Waals surface area contributed by atoms with Gasteiger partial charge in [0.15, 0.2) is 0 Å². The van der Waals surface area contributed by atoms with E-state index >= 15 is 0 Å². The monoisotopic (exact) mass is 277 g/mol. The zero-order chi connectivity index (χ0) is 13.6. The Balaban J connectivity index is 2.59. The topological polar surface area (TPSA) is 75.6 Å². The average Bonchev–Trinajstić information content (AvgIpc) is 2.29. The maximum Gasteiger partial charge on any atom is 0.243 e. The molecule has 2 N–H and O–H groups in total. The van der Waals surface area contributed by atoms with E-state index in [4.69, 9.17) is 4.74 Å². The van der Waals surface area contributed by atoms with Crippen LogP contribution in [0.4, 0.5) is 4.39 Å². The number of halogens is 1. The molecule has 1 atom stereocenters. The van der Waals surface area contributed by atoms with Gasteiger partial charge in [-0.2, -0.15) is 0 Å². The standard InChI is InChI=1S/C11H16FNO4S/c1-17-8-9(14)6-7-13-18(15,16)11-5-3-2-4-10(11)12/h2-5,9,13-14H,6-8H2,1H3. The Kier molecular flexibility index (Phi) is 5.67. The molecule has 0 saturated heterocycles. The molecule has 1 aromatic carbocycles. The van der Waals surface area contributed by atoms with E-state index < -0.39 is 26.8 Å². The maximum atomic E-state index is 13.3. The van der Waals surface area contributed by atoms with E-state index in [1.807, 2.05) is 0 Å². The van der Waals surface area contributed by atoms with Crippen LogP contribution in [0.2, 0.25) is 0 Å². The first kappa shape index (κ1) is 15.0. The SMILES string of the molecule is COCC(O)CCNS(=O)(=O)c1ccccc1F. The summed E-state index contributed by atoms with van der Waals surface area (Å²) in [6, 6.07) is 5.12. The van der Waals surface area contributed by atoms with E-state index in [2.05, 4.69) is 4.72 Å². The van der Waals surface area contributed by atoms with Gasteiger partial charge in [-0.15, -0.1) is 0 Å². The summed E-state index contributed by atoms with van der Waals surface area (Å²) in [4.78, 5) is -0.397. The van der Waals surface area contributed by atoms with Crippen LogP contribution in [0.5, 0.6) is 0 Å². The number of hydrogen-bond acceptors (Lipinski definition) is 4. The quantitative estimate of drug-likeness (QED) is 0.761. The van der Waals surface area contributed by atoms with E-state index in [0.717, 1.165) is 6.07 Å². The highest BCUT2D eigenvalue weighted by molar-refractivity contribution is 7.89. The van der Waals surface area contributed by atoms with Crippen LogP contribution in [0.25, 0.3) is 0 Å². The molecule has 18 heavy (non-hydrogen) atoms. The molecule has 1 rings (SSSR count). The first-order valence-electron chi connectivity index (χ1n) is 5.38. The molecule has 0 fully saturated rings. The summed E-state index contributed by atoms with van der Waals surface area (Å²) in [5, 5.41) is 9.34. The van der Waals surface area contributed by atoms with Crippen molar-refractivity contribution in [3.05, 3.63) is 30.1 Å². The molecule has 0 bridgehead atoms. The molecule has 0 radical (unpaired) electrons. The molecule has 0 aliphatic heterocycles. The van der Waals surface area contributed by atoms with Crippen LogP contribution >= 0.6 is 0 Å². The molecule has 0 heterocycles. The van der Waals surface area contributed by atoms with E-state index in [0.29, 0.717) is 0 Å². The van der Waals surface area contributed by atoms with Crippen LogP contribution in [0.3, 0.4) is 0 Å². The number of methoxy groups -OCH3 is 1. The first-order valence-corrected chi connectivity index (χ1v) is 6.87.